The molecule has 0 bridgehead atoms. The molecule has 0 unspecified atom stereocenters. The molecule has 0 fully saturated rings. The molecule has 1 aromatic heterocycles. The van der Waals surface area contributed by atoms with Crippen molar-refractivity contribution in [2.24, 2.45) is 0 Å². The number of aromatic amines is 1. The van der Waals surface area contributed by atoms with Crippen LogP contribution in [0, 0.1) is 9.39 Å². The Kier molecular flexibility index (Phi) is 4.33. The van der Waals surface area contributed by atoms with Crippen LogP contribution in [-0.2, 0) is 6.54 Å². The van der Waals surface area contributed by atoms with E-state index in [1.54, 1.807) is 6.07 Å². The Morgan fingerprint density at radius 3 is 3.06 bits per heavy atom. The van der Waals surface area contributed by atoms with E-state index in [1.165, 1.54) is 18.5 Å². The first-order valence-corrected chi connectivity index (χ1v) is 6.86. The summed E-state index contributed by atoms with van der Waals surface area (Å²) < 4.78 is 14.4. The van der Waals surface area contributed by atoms with Crippen LogP contribution in [0.1, 0.15) is 5.56 Å². The summed E-state index contributed by atoms with van der Waals surface area (Å²) in [4.78, 5) is 17.9. The Morgan fingerprint density at radius 1 is 1.50 bits per heavy atom. The minimum atomic E-state index is -0.302. The smallest absolute Gasteiger partial charge is 0.266 e. The van der Waals surface area contributed by atoms with Gasteiger partial charge in [0.2, 0.25) is 0 Å². The molecule has 0 aliphatic carbocycles. The van der Waals surface area contributed by atoms with Crippen molar-refractivity contribution in [3.05, 3.63) is 54.3 Å². The zero-order valence-corrected chi connectivity index (χ0v) is 12.7. The Balaban J connectivity index is 2.19. The predicted molar refractivity (Wildman–Crippen MR) is 79.0 cm³/mol. The fourth-order valence-electron chi connectivity index (χ4n) is 1.36. The number of nitrogens with one attached hydrogen (secondary N) is 2. The summed E-state index contributed by atoms with van der Waals surface area (Å²) in [5.74, 6) is 0.180. The van der Waals surface area contributed by atoms with Crippen LogP contribution >= 0.6 is 38.5 Å². The lowest BCUT2D eigenvalue weighted by Crippen LogP contribution is -2.14. The highest BCUT2D eigenvalue weighted by atomic mass is 127. The maximum Gasteiger partial charge on any atom is 0.266 e. The van der Waals surface area contributed by atoms with E-state index in [9.17, 15) is 9.18 Å². The first-order chi connectivity index (χ1) is 8.58. The van der Waals surface area contributed by atoms with Crippen LogP contribution < -0.4 is 10.9 Å². The van der Waals surface area contributed by atoms with Gasteiger partial charge in [-0.1, -0.05) is 15.9 Å². The third kappa shape index (κ3) is 3.08. The van der Waals surface area contributed by atoms with Gasteiger partial charge in [0.25, 0.3) is 5.56 Å². The van der Waals surface area contributed by atoms with Gasteiger partial charge in [0.05, 0.1) is 6.33 Å². The van der Waals surface area contributed by atoms with E-state index in [-0.39, 0.29) is 11.4 Å². The minimum absolute atomic E-state index is 0.202. The maximum atomic E-state index is 13.1. The van der Waals surface area contributed by atoms with Crippen molar-refractivity contribution < 1.29 is 4.39 Å². The van der Waals surface area contributed by atoms with Gasteiger partial charge in [0.1, 0.15) is 15.2 Å². The number of H-pyrrole nitrogens is 1. The van der Waals surface area contributed by atoms with Crippen LogP contribution in [0.4, 0.5) is 10.2 Å². The zero-order chi connectivity index (χ0) is 13.1. The van der Waals surface area contributed by atoms with Crippen LogP contribution in [0.3, 0.4) is 0 Å². The average molecular weight is 424 g/mol. The van der Waals surface area contributed by atoms with Gasteiger partial charge >= 0.3 is 0 Å². The van der Waals surface area contributed by atoms with E-state index in [0.717, 1.165) is 10.0 Å². The van der Waals surface area contributed by atoms with Gasteiger partial charge in [-0.05, 0) is 46.4 Å². The molecule has 94 valence electrons. The van der Waals surface area contributed by atoms with Crippen molar-refractivity contribution in [3.63, 3.8) is 0 Å². The third-order valence-corrected chi connectivity index (χ3v) is 4.03. The summed E-state index contributed by atoms with van der Waals surface area (Å²) >= 11 is 5.25. The molecule has 0 saturated heterocycles. The number of rotatable bonds is 3. The fraction of sp³-hybridized carbons (Fsp3) is 0.0909. The lowest BCUT2D eigenvalue weighted by molar-refractivity contribution is 0.625. The van der Waals surface area contributed by atoms with Crippen molar-refractivity contribution >= 4 is 44.3 Å². The lowest BCUT2D eigenvalue weighted by Gasteiger charge is -2.08. The average Bonchev–Trinajstić information content (AvgIpc) is 2.35. The third-order valence-electron chi connectivity index (χ3n) is 2.25. The van der Waals surface area contributed by atoms with Crippen molar-refractivity contribution in [1.29, 1.82) is 0 Å². The Hall–Kier alpha value is -0.960. The van der Waals surface area contributed by atoms with Crippen LogP contribution in [-0.4, -0.2) is 9.97 Å². The van der Waals surface area contributed by atoms with Gasteiger partial charge in [-0.25, -0.2) is 9.37 Å². The van der Waals surface area contributed by atoms with Crippen molar-refractivity contribution in [2.45, 2.75) is 6.54 Å². The SMILES string of the molecule is O=c1[nH]cnc(NCc2cc(F)ccc2Br)c1I. The molecular weight excluding hydrogens is 416 g/mol. The quantitative estimate of drug-likeness (QED) is 0.746. The van der Waals surface area contributed by atoms with E-state index < -0.39 is 0 Å². The highest BCUT2D eigenvalue weighted by Gasteiger charge is 2.06. The molecule has 1 heterocycles. The molecule has 0 aliphatic rings. The van der Waals surface area contributed by atoms with Gasteiger partial charge in [-0.3, -0.25) is 4.79 Å². The van der Waals surface area contributed by atoms with Crippen LogP contribution in [0.15, 0.2) is 33.8 Å². The second-order valence-electron chi connectivity index (χ2n) is 3.48. The summed E-state index contributed by atoms with van der Waals surface area (Å²) in [6, 6.07) is 4.45. The Bertz CT molecular complexity index is 632. The standard InChI is InChI=1S/C11H8BrFIN3O/c12-8-2-1-7(13)3-6(8)4-15-10-9(14)11(18)17-5-16-10/h1-3,5H,4H2,(H2,15,16,17,18). The first kappa shape index (κ1) is 13.5. The van der Waals surface area contributed by atoms with Crippen molar-refractivity contribution in [2.75, 3.05) is 5.32 Å². The first-order valence-electron chi connectivity index (χ1n) is 4.99. The van der Waals surface area contributed by atoms with E-state index in [2.05, 4.69) is 31.2 Å². The number of hydrogen-bond donors (Lipinski definition) is 2. The molecule has 0 spiro atoms. The monoisotopic (exact) mass is 423 g/mol. The topological polar surface area (TPSA) is 57.8 Å². The lowest BCUT2D eigenvalue weighted by atomic mass is 10.2. The Labute approximate surface area is 124 Å². The largest absolute Gasteiger partial charge is 0.365 e. The molecule has 2 N–H and O–H groups in total. The molecule has 0 saturated carbocycles. The highest BCUT2D eigenvalue weighted by Crippen LogP contribution is 2.19. The zero-order valence-electron chi connectivity index (χ0n) is 9.01. The summed E-state index contributed by atoms with van der Waals surface area (Å²) in [6.45, 7) is 0.380. The molecule has 0 amide bonds. The molecule has 0 radical (unpaired) electrons. The summed E-state index contributed by atoms with van der Waals surface area (Å²) in [6.07, 6.45) is 1.33. The number of hydrogen-bond acceptors (Lipinski definition) is 3. The number of benzene rings is 1. The molecule has 7 heteroatoms. The summed E-state index contributed by atoms with van der Waals surface area (Å²) in [5, 5.41) is 3.00. The van der Waals surface area contributed by atoms with E-state index >= 15 is 0 Å². The molecule has 0 aliphatic heterocycles. The van der Waals surface area contributed by atoms with Gasteiger partial charge in [-0.2, -0.15) is 0 Å². The predicted octanol–water partition coefficient (Wildman–Crippen LogP) is 2.89. The number of anilines is 1. The normalized spacial score (nSPS) is 10.4. The molecule has 2 aromatic rings. The van der Waals surface area contributed by atoms with E-state index in [4.69, 9.17) is 0 Å². The molecule has 0 atom stereocenters. The molecule has 4 nitrogen and oxygen atoms in total. The molecule has 1 aromatic carbocycles. The Morgan fingerprint density at radius 2 is 2.28 bits per heavy atom. The summed E-state index contributed by atoms with van der Waals surface area (Å²) in [5.41, 5.74) is 0.555. The van der Waals surface area contributed by atoms with Crippen LogP contribution in [0.2, 0.25) is 0 Å². The molecular formula is C11H8BrFIN3O. The fourth-order valence-corrected chi connectivity index (χ4v) is 2.24. The molecule has 18 heavy (non-hydrogen) atoms. The van der Waals surface area contributed by atoms with Gasteiger partial charge in [-0.15, -0.1) is 0 Å². The van der Waals surface area contributed by atoms with Crippen LogP contribution in [0.5, 0.6) is 0 Å². The van der Waals surface area contributed by atoms with Gasteiger partial charge in [0, 0.05) is 11.0 Å². The van der Waals surface area contributed by atoms with E-state index in [1.807, 2.05) is 22.6 Å². The second-order valence-corrected chi connectivity index (χ2v) is 5.42. The summed E-state index contributed by atoms with van der Waals surface area (Å²) in [7, 11) is 0. The highest BCUT2D eigenvalue weighted by molar-refractivity contribution is 14.1. The van der Waals surface area contributed by atoms with E-state index in [0.29, 0.717) is 15.9 Å². The molecule has 2 rings (SSSR count). The van der Waals surface area contributed by atoms with Gasteiger partial charge < -0.3 is 10.3 Å². The van der Waals surface area contributed by atoms with Crippen molar-refractivity contribution in [3.8, 4) is 0 Å². The number of halogens is 3. The van der Waals surface area contributed by atoms with Crippen LogP contribution in [0.25, 0.3) is 0 Å². The van der Waals surface area contributed by atoms with Crippen molar-refractivity contribution in [1.82, 2.24) is 9.97 Å². The number of aromatic nitrogens is 2. The minimum Gasteiger partial charge on any atom is -0.365 e. The second kappa shape index (κ2) is 5.79. The maximum absolute atomic E-state index is 13.1. The van der Waals surface area contributed by atoms with Gasteiger partial charge in [0.15, 0.2) is 0 Å². The number of nitrogens with zero attached hydrogens (tertiary/aromatic N) is 1.